The van der Waals surface area contributed by atoms with Crippen molar-refractivity contribution < 1.29 is 0 Å². The minimum atomic E-state index is 0.153. The summed E-state index contributed by atoms with van der Waals surface area (Å²) in [5.74, 6) is 0. The van der Waals surface area contributed by atoms with Crippen LogP contribution in [0.2, 0.25) is 0 Å². The zero-order chi connectivity index (χ0) is 12.8. The fourth-order valence-electron chi connectivity index (χ4n) is 2.22. The van der Waals surface area contributed by atoms with Crippen molar-refractivity contribution in [3.05, 3.63) is 54.1 Å². The standard InChI is InChI=1S/C15H21N3/c1-2-8-18-12-17-11-15(18)10-14(16)9-13-6-4-3-5-7-13/h3-7,11-12,14H,2,8-10,16H2,1H3. The average molecular weight is 243 g/mol. The summed E-state index contributed by atoms with van der Waals surface area (Å²) in [7, 11) is 0. The summed E-state index contributed by atoms with van der Waals surface area (Å²) in [6.45, 7) is 3.20. The van der Waals surface area contributed by atoms with E-state index in [0.717, 1.165) is 25.8 Å². The van der Waals surface area contributed by atoms with Crippen LogP contribution in [0.5, 0.6) is 0 Å². The number of nitrogens with two attached hydrogens (primary N) is 1. The van der Waals surface area contributed by atoms with Gasteiger partial charge in [0.05, 0.1) is 6.33 Å². The quantitative estimate of drug-likeness (QED) is 0.846. The van der Waals surface area contributed by atoms with E-state index in [4.69, 9.17) is 5.73 Å². The van der Waals surface area contributed by atoms with E-state index in [2.05, 4.69) is 40.7 Å². The van der Waals surface area contributed by atoms with Crippen LogP contribution in [0.1, 0.15) is 24.6 Å². The third kappa shape index (κ3) is 3.44. The Bertz CT molecular complexity index is 462. The van der Waals surface area contributed by atoms with Crippen molar-refractivity contribution in [3.63, 3.8) is 0 Å². The van der Waals surface area contributed by atoms with Gasteiger partial charge in [-0.3, -0.25) is 0 Å². The summed E-state index contributed by atoms with van der Waals surface area (Å²) < 4.78 is 2.20. The van der Waals surface area contributed by atoms with Gasteiger partial charge in [0.15, 0.2) is 0 Å². The van der Waals surface area contributed by atoms with Crippen molar-refractivity contribution >= 4 is 0 Å². The van der Waals surface area contributed by atoms with E-state index in [9.17, 15) is 0 Å². The Hall–Kier alpha value is -1.61. The van der Waals surface area contributed by atoms with Crippen LogP contribution in [-0.2, 0) is 19.4 Å². The van der Waals surface area contributed by atoms with E-state index in [-0.39, 0.29) is 6.04 Å². The van der Waals surface area contributed by atoms with Gasteiger partial charge in [0.1, 0.15) is 0 Å². The van der Waals surface area contributed by atoms with Gasteiger partial charge in [-0.05, 0) is 18.4 Å². The normalized spacial score (nSPS) is 12.6. The Morgan fingerprint density at radius 3 is 2.72 bits per heavy atom. The number of hydrogen-bond acceptors (Lipinski definition) is 2. The first-order valence-corrected chi connectivity index (χ1v) is 6.58. The van der Waals surface area contributed by atoms with Gasteiger partial charge >= 0.3 is 0 Å². The van der Waals surface area contributed by atoms with Crippen molar-refractivity contribution in [2.45, 2.75) is 38.8 Å². The molecule has 0 spiro atoms. The first kappa shape index (κ1) is 12.8. The molecule has 0 saturated carbocycles. The molecule has 0 aliphatic heterocycles. The lowest BCUT2D eigenvalue weighted by Gasteiger charge is -2.13. The predicted octanol–water partition coefficient (Wildman–Crippen LogP) is 2.41. The summed E-state index contributed by atoms with van der Waals surface area (Å²) in [6.07, 6.45) is 6.75. The number of imidazole rings is 1. The fourth-order valence-corrected chi connectivity index (χ4v) is 2.22. The van der Waals surface area contributed by atoms with E-state index in [1.165, 1.54) is 11.3 Å². The molecule has 1 aromatic heterocycles. The second-order valence-electron chi connectivity index (χ2n) is 4.73. The minimum absolute atomic E-state index is 0.153. The third-order valence-corrected chi connectivity index (χ3v) is 3.08. The molecule has 0 bridgehead atoms. The van der Waals surface area contributed by atoms with E-state index in [1.54, 1.807) is 0 Å². The van der Waals surface area contributed by atoms with Crippen LogP contribution in [0.3, 0.4) is 0 Å². The Morgan fingerprint density at radius 1 is 1.22 bits per heavy atom. The van der Waals surface area contributed by atoms with Crippen LogP contribution in [0, 0.1) is 0 Å². The molecule has 96 valence electrons. The smallest absolute Gasteiger partial charge is 0.0948 e. The van der Waals surface area contributed by atoms with Gasteiger partial charge in [-0.15, -0.1) is 0 Å². The largest absolute Gasteiger partial charge is 0.335 e. The van der Waals surface area contributed by atoms with Crippen molar-refractivity contribution in [1.29, 1.82) is 0 Å². The first-order valence-electron chi connectivity index (χ1n) is 6.58. The Kier molecular flexibility index (Phi) is 4.53. The second-order valence-corrected chi connectivity index (χ2v) is 4.73. The Balaban J connectivity index is 1.94. The topological polar surface area (TPSA) is 43.8 Å². The minimum Gasteiger partial charge on any atom is -0.335 e. The second kappa shape index (κ2) is 6.36. The molecule has 0 aliphatic rings. The molecule has 0 amide bonds. The maximum absolute atomic E-state index is 6.22. The molecular weight excluding hydrogens is 222 g/mol. The lowest BCUT2D eigenvalue weighted by atomic mass is 10.0. The predicted molar refractivity (Wildman–Crippen MR) is 74.3 cm³/mol. The number of aromatic nitrogens is 2. The highest BCUT2D eigenvalue weighted by atomic mass is 15.0. The summed E-state index contributed by atoms with van der Waals surface area (Å²) in [5.41, 5.74) is 8.75. The average Bonchev–Trinajstić information content (AvgIpc) is 2.78. The highest BCUT2D eigenvalue weighted by molar-refractivity contribution is 5.16. The molecule has 0 saturated heterocycles. The van der Waals surface area contributed by atoms with Gasteiger partial charge in [0.2, 0.25) is 0 Å². The van der Waals surface area contributed by atoms with Crippen molar-refractivity contribution in [3.8, 4) is 0 Å². The molecule has 1 atom stereocenters. The van der Waals surface area contributed by atoms with Crippen LogP contribution < -0.4 is 5.73 Å². The van der Waals surface area contributed by atoms with Gasteiger partial charge in [0, 0.05) is 30.9 Å². The summed E-state index contributed by atoms with van der Waals surface area (Å²) in [4.78, 5) is 4.21. The number of aryl methyl sites for hydroxylation is 1. The summed E-state index contributed by atoms with van der Waals surface area (Å²) >= 11 is 0. The molecule has 1 aromatic carbocycles. The van der Waals surface area contributed by atoms with Crippen molar-refractivity contribution in [2.24, 2.45) is 5.73 Å². The van der Waals surface area contributed by atoms with Crippen LogP contribution in [-0.4, -0.2) is 15.6 Å². The first-order chi connectivity index (χ1) is 8.79. The van der Waals surface area contributed by atoms with Crippen LogP contribution in [0.4, 0.5) is 0 Å². The van der Waals surface area contributed by atoms with E-state index >= 15 is 0 Å². The van der Waals surface area contributed by atoms with E-state index in [0.29, 0.717) is 0 Å². The summed E-state index contributed by atoms with van der Waals surface area (Å²) in [6, 6.07) is 10.6. The lowest BCUT2D eigenvalue weighted by molar-refractivity contribution is 0.594. The molecule has 0 aliphatic carbocycles. The highest BCUT2D eigenvalue weighted by Crippen LogP contribution is 2.08. The number of benzene rings is 1. The van der Waals surface area contributed by atoms with Crippen molar-refractivity contribution in [2.75, 3.05) is 0 Å². The molecular formula is C15H21N3. The van der Waals surface area contributed by atoms with Gasteiger partial charge in [-0.1, -0.05) is 37.3 Å². The van der Waals surface area contributed by atoms with E-state index < -0.39 is 0 Å². The van der Waals surface area contributed by atoms with Gasteiger partial charge in [0.25, 0.3) is 0 Å². The number of rotatable bonds is 6. The molecule has 2 N–H and O–H groups in total. The molecule has 0 radical (unpaired) electrons. The summed E-state index contributed by atoms with van der Waals surface area (Å²) in [5, 5.41) is 0. The molecule has 3 heteroatoms. The fraction of sp³-hybridized carbons (Fsp3) is 0.400. The molecule has 2 aromatic rings. The number of nitrogens with zero attached hydrogens (tertiary/aromatic N) is 2. The van der Waals surface area contributed by atoms with Crippen LogP contribution >= 0.6 is 0 Å². The van der Waals surface area contributed by atoms with Crippen LogP contribution in [0.15, 0.2) is 42.9 Å². The Labute approximate surface area is 109 Å². The third-order valence-electron chi connectivity index (χ3n) is 3.08. The SMILES string of the molecule is CCCn1cncc1CC(N)Cc1ccccc1. The maximum atomic E-state index is 6.22. The lowest BCUT2D eigenvalue weighted by Crippen LogP contribution is -2.26. The maximum Gasteiger partial charge on any atom is 0.0948 e. The zero-order valence-corrected chi connectivity index (χ0v) is 10.9. The highest BCUT2D eigenvalue weighted by Gasteiger charge is 2.08. The Morgan fingerprint density at radius 2 is 2.00 bits per heavy atom. The van der Waals surface area contributed by atoms with Crippen LogP contribution in [0.25, 0.3) is 0 Å². The monoisotopic (exact) mass is 243 g/mol. The zero-order valence-electron chi connectivity index (χ0n) is 10.9. The molecule has 1 heterocycles. The van der Waals surface area contributed by atoms with Gasteiger partial charge in [-0.2, -0.15) is 0 Å². The molecule has 2 rings (SSSR count). The van der Waals surface area contributed by atoms with Gasteiger partial charge in [-0.25, -0.2) is 4.98 Å². The van der Waals surface area contributed by atoms with E-state index in [1.807, 2.05) is 18.6 Å². The van der Waals surface area contributed by atoms with Crippen molar-refractivity contribution in [1.82, 2.24) is 9.55 Å². The van der Waals surface area contributed by atoms with Gasteiger partial charge < -0.3 is 10.3 Å². The number of hydrogen-bond donors (Lipinski definition) is 1. The molecule has 18 heavy (non-hydrogen) atoms. The molecule has 0 fully saturated rings. The molecule has 1 unspecified atom stereocenters. The molecule has 3 nitrogen and oxygen atoms in total.